The number of amides is 1. The summed E-state index contributed by atoms with van der Waals surface area (Å²) in [5.41, 5.74) is 3.50. The average molecular weight is 476 g/mol. The molecule has 2 unspecified atom stereocenters. The topological polar surface area (TPSA) is 75.4 Å². The first-order valence-electron chi connectivity index (χ1n) is 13.8. The molecule has 6 nitrogen and oxygen atoms in total. The van der Waals surface area contributed by atoms with Crippen molar-refractivity contribution in [3.05, 3.63) is 47.3 Å². The predicted molar refractivity (Wildman–Crippen MR) is 134 cm³/mol. The SMILES string of the molecule is O=C(O)c1cnn(-c2cccc(C3CCCC(C(=O)N4CCCC45CCCCC5)C3)c2)c1C1CC1. The summed E-state index contributed by atoms with van der Waals surface area (Å²) in [4.78, 5) is 27.8. The number of carboxylic acids is 1. The van der Waals surface area contributed by atoms with E-state index < -0.39 is 5.97 Å². The molecule has 3 aliphatic carbocycles. The lowest BCUT2D eigenvalue weighted by Gasteiger charge is -2.44. The first kappa shape index (κ1) is 22.8. The maximum atomic E-state index is 13.8. The Balaban J connectivity index is 1.22. The van der Waals surface area contributed by atoms with Gasteiger partial charge in [0, 0.05) is 23.9 Å². The van der Waals surface area contributed by atoms with Gasteiger partial charge in [-0.3, -0.25) is 4.79 Å². The lowest BCUT2D eigenvalue weighted by Crippen LogP contribution is -2.51. The van der Waals surface area contributed by atoms with E-state index in [0.717, 1.165) is 62.9 Å². The van der Waals surface area contributed by atoms with Crippen molar-refractivity contribution < 1.29 is 14.7 Å². The number of carbonyl (C=O) groups excluding carboxylic acids is 1. The van der Waals surface area contributed by atoms with Crippen molar-refractivity contribution in [1.29, 1.82) is 0 Å². The smallest absolute Gasteiger partial charge is 0.339 e. The van der Waals surface area contributed by atoms with Gasteiger partial charge in [-0.1, -0.05) is 37.8 Å². The van der Waals surface area contributed by atoms with Gasteiger partial charge in [0.2, 0.25) is 5.91 Å². The van der Waals surface area contributed by atoms with Gasteiger partial charge in [-0.05, 0) is 81.4 Å². The molecule has 1 aromatic heterocycles. The van der Waals surface area contributed by atoms with Crippen molar-refractivity contribution in [2.75, 3.05) is 6.54 Å². The molecule has 6 heteroatoms. The van der Waals surface area contributed by atoms with Crippen LogP contribution in [0, 0.1) is 5.92 Å². The second-order valence-corrected chi connectivity index (χ2v) is 11.5. The van der Waals surface area contributed by atoms with Crippen molar-refractivity contribution in [2.45, 2.75) is 101 Å². The number of carbonyl (C=O) groups is 2. The molecule has 1 amide bonds. The van der Waals surface area contributed by atoms with Crippen molar-refractivity contribution in [1.82, 2.24) is 14.7 Å². The summed E-state index contributed by atoms with van der Waals surface area (Å²) in [6.45, 7) is 0.949. The summed E-state index contributed by atoms with van der Waals surface area (Å²) in [6.07, 6.45) is 16.3. The number of hydrogen-bond acceptors (Lipinski definition) is 3. The fraction of sp³-hybridized carbons (Fsp3) is 0.621. The molecule has 4 aliphatic rings. The van der Waals surface area contributed by atoms with Crippen LogP contribution in [-0.4, -0.2) is 43.7 Å². The van der Waals surface area contributed by atoms with E-state index in [1.54, 1.807) is 0 Å². The van der Waals surface area contributed by atoms with Gasteiger partial charge in [-0.2, -0.15) is 5.10 Å². The van der Waals surface area contributed by atoms with Gasteiger partial charge in [-0.15, -0.1) is 0 Å². The molecule has 2 heterocycles. The average Bonchev–Trinajstić information content (AvgIpc) is 3.50. The minimum atomic E-state index is -0.902. The van der Waals surface area contributed by atoms with Crippen LogP contribution in [0.5, 0.6) is 0 Å². The quantitative estimate of drug-likeness (QED) is 0.571. The Morgan fingerprint density at radius 1 is 0.943 bits per heavy atom. The normalized spacial score (nSPS) is 26.2. The Morgan fingerprint density at radius 3 is 2.51 bits per heavy atom. The Morgan fingerprint density at radius 2 is 1.74 bits per heavy atom. The van der Waals surface area contributed by atoms with Crippen molar-refractivity contribution in [3.8, 4) is 5.69 Å². The van der Waals surface area contributed by atoms with Gasteiger partial charge in [0.1, 0.15) is 5.56 Å². The molecule has 1 aliphatic heterocycles. The highest BCUT2D eigenvalue weighted by molar-refractivity contribution is 5.89. The van der Waals surface area contributed by atoms with E-state index in [2.05, 4.69) is 28.2 Å². The second-order valence-electron chi connectivity index (χ2n) is 11.5. The fourth-order valence-electron chi connectivity index (χ4n) is 7.34. The van der Waals surface area contributed by atoms with Crippen LogP contribution >= 0.6 is 0 Å². The minimum Gasteiger partial charge on any atom is -0.478 e. The summed E-state index contributed by atoms with van der Waals surface area (Å²) >= 11 is 0. The Bertz CT molecular complexity index is 1110. The van der Waals surface area contributed by atoms with Gasteiger partial charge in [0.25, 0.3) is 0 Å². The molecule has 6 rings (SSSR count). The number of carboxylic acid groups (broad SMARTS) is 1. The third-order valence-corrected chi connectivity index (χ3v) is 9.26. The first-order valence-corrected chi connectivity index (χ1v) is 13.8. The number of hydrogen-bond donors (Lipinski definition) is 1. The number of rotatable bonds is 5. The summed E-state index contributed by atoms with van der Waals surface area (Å²) in [7, 11) is 0. The van der Waals surface area contributed by atoms with E-state index in [9.17, 15) is 14.7 Å². The largest absolute Gasteiger partial charge is 0.478 e. The van der Waals surface area contributed by atoms with Gasteiger partial charge < -0.3 is 10.0 Å². The third kappa shape index (κ3) is 4.19. The number of aromatic nitrogens is 2. The van der Waals surface area contributed by atoms with Crippen LogP contribution in [0.25, 0.3) is 5.69 Å². The molecule has 3 saturated carbocycles. The second kappa shape index (κ2) is 9.11. The van der Waals surface area contributed by atoms with E-state index in [1.807, 2.05) is 10.7 Å². The molecule has 2 aromatic rings. The van der Waals surface area contributed by atoms with Crippen molar-refractivity contribution in [3.63, 3.8) is 0 Å². The highest BCUT2D eigenvalue weighted by atomic mass is 16.4. The van der Waals surface area contributed by atoms with Crippen LogP contribution < -0.4 is 0 Å². The lowest BCUT2D eigenvalue weighted by atomic mass is 9.75. The zero-order chi connectivity index (χ0) is 24.0. The maximum absolute atomic E-state index is 13.8. The molecule has 0 bridgehead atoms. The predicted octanol–water partition coefficient (Wildman–Crippen LogP) is 6.05. The minimum absolute atomic E-state index is 0.125. The molecular weight excluding hydrogens is 438 g/mol. The molecule has 1 aromatic carbocycles. The fourth-order valence-corrected chi connectivity index (χ4v) is 7.34. The van der Waals surface area contributed by atoms with Gasteiger partial charge in [-0.25, -0.2) is 9.48 Å². The van der Waals surface area contributed by atoms with Gasteiger partial charge in [0.15, 0.2) is 0 Å². The van der Waals surface area contributed by atoms with Crippen LogP contribution in [0.15, 0.2) is 30.5 Å². The molecule has 4 fully saturated rings. The third-order valence-electron chi connectivity index (χ3n) is 9.26. The highest BCUT2D eigenvalue weighted by Crippen LogP contribution is 2.45. The van der Waals surface area contributed by atoms with Crippen molar-refractivity contribution in [2.24, 2.45) is 5.92 Å². The van der Waals surface area contributed by atoms with Crippen molar-refractivity contribution >= 4 is 11.9 Å². The zero-order valence-corrected chi connectivity index (χ0v) is 20.6. The zero-order valence-electron chi connectivity index (χ0n) is 20.6. The van der Waals surface area contributed by atoms with Gasteiger partial charge >= 0.3 is 5.97 Å². The monoisotopic (exact) mass is 475 g/mol. The molecule has 1 spiro atoms. The lowest BCUT2D eigenvalue weighted by molar-refractivity contribution is -0.142. The Hall–Kier alpha value is -2.63. The summed E-state index contributed by atoms with van der Waals surface area (Å²) < 4.78 is 1.84. The van der Waals surface area contributed by atoms with E-state index in [0.29, 0.717) is 17.4 Å². The molecule has 186 valence electrons. The molecule has 35 heavy (non-hydrogen) atoms. The Kier molecular flexibility index (Phi) is 5.93. The summed E-state index contributed by atoms with van der Waals surface area (Å²) in [5.74, 6) is 0.289. The number of aromatic carboxylic acids is 1. The Labute approximate surface area is 207 Å². The van der Waals surface area contributed by atoms with Crippen LogP contribution in [0.3, 0.4) is 0 Å². The van der Waals surface area contributed by atoms with Crippen LogP contribution in [-0.2, 0) is 4.79 Å². The van der Waals surface area contributed by atoms with E-state index >= 15 is 0 Å². The standard InChI is InChI=1S/C29H37N3O3/c33-27(31-16-6-15-29(31)13-2-1-3-14-29)23-9-4-7-21(17-23)22-8-5-10-24(18-22)32-26(20-11-12-20)25(19-30-32)28(34)35/h5,8,10,18-21,23H,1-4,6-7,9,11-17H2,(H,34,35). The molecule has 0 radical (unpaired) electrons. The van der Waals surface area contributed by atoms with E-state index in [1.165, 1.54) is 50.3 Å². The van der Waals surface area contributed by atoms with Gasteiger partial charge in [0.05, 0.1) is 17.6 Å². The number of benzene rings is 1. The van der Waals surface area contributed by atoms with E-state index in [4.69, 9.17) is 0 Å². The number of likely N-dealkylation sites (tertiary alicyclic amines) is 1. The van der Waals surface area contributed by atoms with Crippen LogP contribution in [0.2, 0.25) is 0 Å². The molecule has 1 saturated heterocycles. The maximum Gasteiger partial charge on any atom is 0.339 e. The molecular formula is C29H37N3O3. The summed E-state index contributed by atoms with van der Waals surface area (Å²) in [5, 5.41) is 14.1. The highest BCUT2D eigenvalue weighted by Gasteiger charge is 2.46. The molecule has 1 N–H and O–H groups in total. The first-order chi connectivity index (χ1) is 17.1. The molecule has 2 atom stereocenters. The van der Waals surface area contributed by atoms with Crippen LogP contribution in [0.4, 0.5) is 0 Å². The number of nitrogens with zero attached hydrogens (tertiary/aromatic N) is 3. The van der Waals surface area contributed by atoms with Crippen LogP contribution in [0.1, 0.15) is 117 Å². The van der Waals surface area contributed by atoms with E-state index in [-0.39, 0.29) is 17.4 Å². The summed E-state index contributed by atoms with van der Waals surface area (Å²) in [6, 6.07) is 8.45.